The number of fused-ring (bicyclic) bond motifs is 1. The van der Waals surface area contributed by atoms with E-state index in [1.165, 1.54) is 0 Å². The number of benzene rings is 2. The van der Waals surface area contributed by atoms with Crippen LogP contribution >= 0.6 is 11.3 Å². The molecular weight excluding hydrogens is 368 g/mol. The third kappa shape index (κ3) is 3.65. The quantitative estimate of drug-likeness (QED) is 0.533. The number of aromatic amines is 1. The minimum Gasteiger partial charge on any atom is -0.494 e. The SMILES string of the molecule is O=c1[nH]c(O)c(Cc2ccc(OCCn3c(=O)oc4ccccc43)cc2)s1. The summed E-state index contributed by atoms with van der Waals surface area (Å²) >= 11 is 0.994. The fraction of sp³-hybridized carbons (Fsp3) is 0.158. The molecule has 0 aliphatic rings. The molecule has 2 N–H and O–H groups in total. The summed E-state index contributed by atoms with van der Waals surface area (Å²) in [7, 11) is 0. The number of rotatable bonds is 6. The van der Waals surface area contributed by atoms with Gasteiger partial charge < -0.3 is 14.3 Å². The first kappa shape index (κ1) is 17.2. The van der Waals surface area contributed by atoms with Gasteiger partial charge in [-0.25, -0.2) is 4.79 Å². The van der Waals surface area contributed by atoms with Crippen molar-refractivity contribution in [2.45, 2.75) is 13.0 Å². The summed E-state index contributed by atoms with van der Waals surface area (Å²) in [5.41, 5.74) is 2.25. The molecule has 2 aromatic heterocycles. The molecule has 0 aliphatic heterocycles. The molecule has 0 unspecified atom stereocenters. The second kappa shape index (κ2) is 7.16. The number of hydrogen-bond acceptors (Lipinski definition) is 6. The van der Waals surface area contributed by atoms with Gasteiger partial charge >= 0.3 is 10.6 Å². The first-order valence-electron chi connectivity index (χ1n) is 8.31. The van der Waals surface area contributed by atoms with E-state index in [1.807, 2.05) is 42.5 Å². The average molecular weight is 384 g/mol. The van der Waals surface area contributed by atoms with Gasteiger partial charge in [-0.1, -0.05) is 35.6 Å². The Morgan fingerprint density at radius 3 is 2.63 bits per heavy atom. The first-order valence-corrected chi connectivity index (χ1v) is 9.13. The zero-order valence-electron chi connectivity index (χ0n) is 14.2. The lowest BCUT2D eigenvalue weighted by Crippen LogP contribution is -2.18. The minimum atomic E-state index is -0.402. The van der Waals surface area contributed by atoms with Crippen molar-refractivity contribution in [3.8, 4) is 11.6 Å². The fourth-order valence-corrected chi connectivity index (χ4v) is 3.60. The van der Waals surface area contributed by atoms with Gasteiger partial charge in [0.15, 0.2) is 5.58 Å². The molecule has 2 heterocycles. The molecule has 8 heteroatoms. The van der Waals surface area contributed by atoms with Crippen molar-refractivity contribution in [2.75, 3.05) is 6.61 Å². The van der Waals surface area contributed by atoms with Crippen LogP contribution in [0.15, 0.2) is 62.5 Å². The molecule has 4 rings (SSSR count). The number of aromatic nitrogens is 2. The molecule has 0 atom stereocenters. The van der Waals surface area contributed by atoms with E-state index < -0.39 is 5.76 Å². The van der Waals surface area contributed by atoms with Gasteiger partial charge in [0.25, 0.3) is 0 Å². The fourth-order valence-electron chi connectivity index (χ4n) is 2.84. The Morgan fingerprint density at radius 2 is 1.89 bits per heavy atom. The maximum Gasteiger partial charge on any atom is 0.420 e. The van der Waals surface area contributed by atoms with Crippen LogP contribution in [0.5, 0.6) is 11.6 Å². The van der Waals surface area contributed by atoms with E-state index in [0.29, 0.717) is 35.8 Å². The Kier molecular flexibility index (Phi) is 4.55. The number of oxazole rings is 1. The monoisotopic (exact) mass is 384 g/mol. The van der Waals surface area contributed by atoms with E-state index in [-0.39, 0.29) is 10.8 Å². The highest BCUT2D eigenvalue weighted by atomic mass is 32.1. The number of ether oxygens (including phenoxy) is 1. The van der Waals surface area contributed by atoms with Crippen molar-refractivity contribution in [3.05, 3.63) is 79.2 Å². The molecule has 138 valence electrons. The van der Waals surface area contributed by atoms with Crippen LogP contribution in [-0.4, -0.2) is 21.3 Å². The van der Waals surface area contributed by atoms with Gasteiger partial charge in [0, 0.05) is 6.42 Å². The summed E-state index contributed by atoms with van der Waals surface area (Å²) < 4.78 is 12.4. The molecule has 0 fully saturated rings. The third-order valence-corrected chi connectivity index (χ3v) is 5.02. The van der Waals surface area contributed by atoms with Crippen LogP contribution in [0, 0.1) is 0 Å². The number of nitrogens with one attached hydrogen (secondary N) is 1. The number of hydrogen-bond donors (Lipinski definition) is 2. The van der Waals surface area contributed by atoms with Crippen LogP contribution in [0.25, 0.3) is 11.1 Å². The number of aromatic hydroxyl groups is 1. The Bertz CT molecular complexity index is 1180. The van der Waals surface area contributed by atoms with E-state index >= 15 is 0 Å². The van der Waals surface area contributed by atoms with Crippen LogP contribution in [0.3, 0.4) is 0 Å². The lowest BCUT2D eigenvalue weighted by atomic mass is 10.1. The van der Waals surface area contributed by atoms with Gasteiger partial charge in [0.1, 0.15) is 12.4 Å². The highest BCUT2D eigenvalue weighted by Gasteiger charge is 2.09. The summed E-state index contributed by atoms with van der Waals surface area (Å²) in [6.07, 6.45) is 0.464. The Labute approximate surface area is 157 Å². The first-order chi connectivity index (χ1) is 13.1. The van der Waals surface area contributed by atoms with Crippen molar-refractivity contribution in [1.29, 1.82) is 0 Å². The van der Waals surface area contributed by atoms with Crippen molar-refractivity contribution in [2.24, 2.45) is 0 Å². The molecule has 2 aromatic carbocycles. The predicted molar refractivity (Wildman–Crippen MR) is 102 cm³/mol. The maximum atomic E-state index is 11.9. The smallest absolute Gasteiger partial charge is 0.420 e. The number of H-pyrrole nitrogens is 1. The summed E-state index contributed by atoms with van der Waals surface area (Å²) in [4.78, 5) is 25.8. The van der Waals surface area contributed by atoms with E-state index in [0.717, 1.165) is 22.4 Å². The maximum absolute atomic E-state index is 11.9. The largest absolute Gasteiger partial charge is 0.494 e. The van der Waals surface area contributed by atoms with E-state index in [1.54, 1.807) is 10.6 Å². The summed E-state index contributed by atoms with van der Waals surface area (Å²) in [5.74, 6) is 0.189. The Morgan fingerprint density at radius 1 is 1.11 bits per heavy atom. The minimum absolute atomic E-state index is 0.0805. The van der Waals surface area contributed by atoms with Gasteiger partial charge in [-0.05, 0) is 29.8 Å². The molecule has 4 aromatic rings. The zero-order valence-corrected chi connectivity index (χ0v) is 15.0. The van der Waals surface area contributed by atoms with Gasteiger partial charge in [-0.2, -0.15) is 0 Å². The molecule has 27 heavy (non-hydrogen) atoms. The topological polar surface area (TPSA) is 97.5 Å². The van der Waals surface area contributed by atoms with Crippen molar-refractivity contribution >= 4 is 22.4 Å². The summed E-state index contributed by atoms with van der Waals surface area (Å²) in [6.45, 7) is 0.700. The number of nitrogens with zero attached hydrogens (tertiary/aromatic N) is 1. The van der Waals surface area contributed by atoms with Crippen LogP contribution in [0.1, 0.15) is 10.4 Å². The molecule has 0 saturated carbocycles. The molecular formula is C19H16N2O5S. The lowest BCUT2D eigenvalue weighted by Gasteiger charge is -2.07. The standard InChI is InChI=1S/C19H16N2O5S/c22-17-16(27-18(23)20-17)11-12-5-7-13(8-6-12)25-10-9-21-14-3-1-2-4-15(14)26-19(21)24/h1-8,22H,9-11H2,(H,20,23). The molecule has 0 radical (unpaired) electrons. The van der Waals surface area contributed by atoms with Gasteiger partial charge in [0.05, 0.1) is 16.9 Å². The summed E-state index contributed by atoms with van der Waals surface area (Å²) in [6, 6.07) is 14.6. The Balaban J connectivity index is 1.39. The van der Waals surface area contributed by atoms with Crippen molar-refractivity contribution < 1.29 is 14.3 Å². The average Bonchev–Trinajstić information content (AvgIpc) is 3.14. The third-order valence-electron chi connectivity index (χ3n) is 4.15. The van der Waals surface area contributed by atoms with Gasteiger partial charge in [0.2, 0.25) is 5.88 Å². The van der Waals surface area contributed by atoms with E-state index in [9.17, 15) is 14.7 Å². The van der Waals surface area contributed by atoms with Crippen LogP contribution in [0.4, 0.5) is 0 Å². The van der Waals surface area contributed by atoms with E-state index in [4.69, 9.17) is 9.15 Å². The second-order valence-corrected chi connectivity index (χ2v) is 7.01. The molecule has 0 bridgehead atoms. The lowest BCUT2D eigenvalue weighted by molar-refractivity contribution is 0.294. The second-order valence-electron chi connectivity index (χ2n) is 5.94. The normalized spacial score (nSPS) is 11.1. The highest BCUT2D eigenvalue weighted by molar-refractivity contribution is 7.09. The van der Waals surface area contributed by atoms with Crippen LogP contribution in [-0.2, 0) is 13.0 Å². The Hall–Kier alpha value is -3.26. The van der Waals surface area contributed by atoms with Crippen LogP contribution in [0.2, 0.25) is 0 Å². The molecule has 0 saturated heterocycles. The van der Waals surface area contributed by atoms with Crippen LogP contribution < -0.4 is 15.4 Å². The predicted octanol–water partition coefficient (Wildman–Crippen LogP) is 2.72. The molecule has 0 amide bonds. The number of para-hydroxylation sites is 2. The molecule has 0 spiro atoms. The van der Waals surface area contributed by atoms with E-state index in [2.05, 4.69) is 4.98 Å². The zero-order chi connectivity index (χ0) is 18.8. The highest BCUT2D eigenvalue weighted by Crippen LogP contribution is 2.22. The van der Waals surface area contributed by atoms with Crippen molar-refractivity contribution in [3.63, 3.8) is 0 Å². The van der Waals surface area contributed by atoms with Gasteiger partial charge in [-0.3, -0.25) is 14.3 Å². The van der Waals surface area contributed by atoms with Gasteiger partial charge in [-0.15, -0.1) is 0 Å². The summed E-state index contributed by atoms with van der Waals surface area (Å²) in [5, 5.41) is 9.65. The molecule has 7 nitrogen and oxygen atoms in total. The molecule has 0 aliphatic carbocycles. The number of thiazole rings is 1. The van der Waals surface area contributed by atoms with Crippen molar-refractivity contribution in [1.82, 2.24) is 9.55 Å².